The van der Waals surface area contributed by atoms with E-state index in [1.54, 1.807) is 6.07 Å². The summed E-state index contributed by atoms with van der Waals surface area (Å²) in [6, 6.07) is 19.4. The monoisotopic (exact) mass is 368 g/mol. The Kier molecular flexibility index (Phi) is 3.72. The summed E-state index contributed by atoms with van der Waals surface area (Å²) in [5.74, 6) is -0.0439. The molecular formula is C24H20N2O2. The molecule has 0 spiro atoms. The first-order valence-electron chi connectivity index (χ1n) is 9.40. The van der Waals surface area contributed by atoms with Gasteiger partial charge in [0.1, 0.15) is 5.75 Å². The number of amides is 1. The third kappa shape index (κ3) is 2.49. The molecule has 1 amide bonds. The number of nitrogens with one attached hydrogen (secondary N) is 2. The number of fused-ring (bicyclic) bond motifs is 5. The maximum atomic E-state index is 12.8. The number of para-hydroxylation sites is 2. The van der Waals surface area contributed by atoms with Gasteiger partial charge in [0.05, 0.1) is 11.6 Å². The highest BCUT2D eigenvalue weighted by molar-refractivity contribution is 6.07. The molecule has 1 aliphatic carbocycles. The van der Waals surface area contributed by atoms with Crippen LogP contribution < -0.4 is 10.6 Å². The van der Waals surface area contributed by atoms with Crippen molar-refractivity contribution in [3.8, 4) is 5.75 Å². The molecule has 28 heavy (non-hydrogen) atoms. The minimum absolute atomic E-state index is 0.0407. The van der Waals surface area contributed by atoms with Crippen LogP contribution >= 0.6 is 0 Å². The van der Waals surface area contributed by atoms with Crippen LogP contribution in [0.3, 0.4) is 0 Å². The number of benzene rings is 3. The third-order valence-electron chi connectivity index (χ3n) is 5.69. The molecule has 1 aliphatic heterocycles. The molecule has 5 rings (SSSR count). The fourth-order valence-corrected chi connectivity index (χ4v) is 4.32. The molecule has 2 unspecified atom stereocenters. The molecule has 3 aromatic carbocycles. The van der Waals surface area contributed by atoms with Gasteiger partial charge in [-0.3, -0.25) is 4.79 Å². The van der Waals surface area contributed by atoms with Crippen LogP contribution in [0.1, 0.15) is 44.6 Å². The zero-order chi connectivity index (χ0) is 19.3. The van der Waals surface area contributed by atoms with Crippen molar-refractivity contribution in [2.45, 2.75) is 18.9 Å². The van der Waals surface area contributed by atoms with Gasteiger partial charge in [0.2, 0.25) is 0 Å². The molecule has 138 valence electrons. The first kappa shape index (κ1) is 16.6. The fraction of sp³-hybridized carbons (Fsp3) is 0.125. The predicted molar refractivity (Wildman–Crippen MR) is 112 cm³/mol. The average molecular weight is 368 g/mol. The SMILES string of the molecule is Cc1c(O)c(C(=O)Nc2ccccc2)cc2c1C1Nc3ccccc3C1C=C2. The summed E-state index contributed by atoms with van der Waals surface area (Å²) < 4.78 is 0. The lowest BCUT2D eigenvalue weighted by molar-refractivity contribution is 0.102. The lowest BCUT2D eigenvalue weighted by atomic mass is 9.80. The van der Waals surface area contributed by atoms with E-state index in [0.717, 1.165) is 22.4 Å². The van der Waals surface area contributed by atoms with Crippen LogP contribution in [0.25, 0.3) is 6.08 Å². The number of rotatable bonds is 2. The second-order valence-corrected chi connectivity index (χ2v) is 7.31. The van der Waals surface area contributed by atoms with Crippen molar-refractivity contribution in [1.82, 2.24) is 0 Å². The maximum absolute atomic E-state index is 12.8. The first-order chi connectivity index (χ1) is 13.6. The zero-order valence-electron chi connectivity index (χ0n) is 15.4. The minimum Gasteiger partial charge on any atom is -0.507 e. The number of hydrogen-bond donors (Lipinski definition) is 3. The molecule has 2 aliphatic rings. The van der Waals surface area contributed by atoms with Crippen LogP contribution in [0.5, 0.6) is 5.75 Å². The Hall–Kier alpha value is -3.53. The predicted octanol–water partition coefficient (Wildman–Crippen LogP) is 5.23. The standard InChI is InChI=1S/C24H20N2O2/c1-14-21-15(11-12-18-17-9-5-6-10-20(17)26-22(18)21)13-19(23(14)27)24(28)25-16-7-3-2-4-8-16/h2-13,18,22,26-27H,1H3,(H,25,28). The van der Waals surface area contributed by atoms with Crippen molar-refractivity contribution in [3.05, 3.63) is 94.6 Å². The molecule has 1 heterocycles. The van der Waals surface area contributed by atoms with Gasteiger partial charge in [0.15, 0.2) is 0 Å². The number of phenols is 1. The van der Waals surface area contributed by atoms with Crippen LogP contribution in [0.15, 0.2) is 66.7 Å². The van der Waals surface area contributed by atoms with Gasteiger partial charge in [0, 0.05) is 17.3 Å². The van der Waals surface area contributed by atoms with Crippen molar-refractivity contribution in [2.24, 2.45) is 0 Å². The van der Waals surface area contributed by atoms with Crippen molar-refractivity contribution in [3.63, 3.8) is 0 Å². The second-order valence-electron chi connectivity index (χ2n) is 7.31. The normalized spacial score (nSPS) is 18.6. The van der Waals surface area contributed by atoms with Gasteiger partial charge in [-0.25, -0.2) is 0 Å². The van der Waals surface area contributed by atoms with E-state index in [1.165, 1.54) is 5.56 Å². The van der Waals surface area contributed by atoms with E-state index in [0.29, 0.717) is 11.3 Å². The number of phenolic OH excluding ortho intramolecular Hbond substituents is 1. The topological polar surface area (TPSA) is 61.4 Å². The lowest BCUT2D eigenvalue weighted by Crippen LogP contribution is -2.19. The summed E-state index contributed by atoms with van der Waals surface area (Å²) in [5, 5.41) is 17.3. The van der Waals surface area contributed by atoms with E-state index in [2.05, 4.69) is 34.9 Å². The summed E-state index contributed by atoms with van der Waals surface area (Å²) in [6.45, 7) is 1.88. The molecule has 0 saturated heterocycles. The Morgan fingerprint density at radius 2 is 1.82 bits per heavy atom. The van der Waals surface area contributed by atoms with Crippen LogP contribution in [-0.2, 0) is 0 Å². The summed E-state index contributed by atoms with van der Waals surface area (Å²) in [4.78, 5) is 12.8. The van der Waals surface area contributed by atoms with Crippen molar-refractivity contribution in [1.29, 1.82) is 0 Å². The molecule has 0 radical (unpaired) electrons. The summed E-state index contributed by atoms with van der Waals surface area (Å²) in [5.41, 5.74) is 6.14. The van der Waals surface area contributed by atoms with Gasteiger partial charge >= 0.3 is 0 Å². The van der Waals surface area contributed by atoms with Crippen molar-refractivity contribution < 1.29 is 9.90 Å². The van der Waals surface area contributed by atoms with Gasteiger partial charge in [-0.05, 0) is 53.4 Å². The van der Waals surface area contributed by atoms with E-state index < -0.39 is 0 Å². The Balaban J connectivity index is 1.54. The molecule has 0 bridgehead atoms. The molecule has 0 fully saturated rings. The summed E-state index contributed by atoms with van der Waals surface area (Å²) in [7, 11) is 0. The van der Waals surface area contributed by atoms with Crippen LogP contribution in [0, 0.1) is 6.92 Å². The largest absolute Gasteiger partial charge is 0.507 e. The molecule has 3 N–H and O–H groups in total. The molecular weight excluding hydrogens is 348 g/mol. The highest BCUT2D eigenvalue weighted by Gasteiger charge is 2.36. The molecule has 2 atom stereocenters. The molecule has 3 aromatic rings. The Morgan fingerprint density at radius 1 is 1.07 bits per heavy atom. The van der Waals surface area contributed by atoms with E-state index >= 15 is 0 Å². The van der Waals surface area contributed by atoms with Crippen LogP contribution in [-0.4, -0.2) is 11.0 Å². The number of hydrogen-bond acceptors (Lipinski definition) is 3. The average Bonchev–Trinajstić information content (AvgIpc) is 3.09. The van der Waals surface area contributed by atoms with Gasteiger partial charge in [-0.2, -0.15) is 0 Å². The van der Waals surface area contributed by atoms with E-state index in [4.69, 9.17) is 0 Å². The Morgan fingerprint density at radius 3 is 2.64 bits per heavy atom. The third-order valence-corrected chi connectivity index (χ3v) is 5.69. The maximum Gasteiger partial charge on any atom is 0.259 e. The van der Waals surface area contributed by atoms with Gasteiger partial charge < -0.3 is 15.7 Å². The van der Waals surface area contributed by atoms with Crippen LogP contribution in [0.2, 0.25) is 0 Å². The summed E-state index contributed by atoms with van der Waals surface area (Å²) in [6.07, 6.45) is 4.24. The van der Waals surface area contributed by atoms with E-state index in [9.17, 15) is 9.90 Å². The fourth-order valence-electron chi connectivity index (χ4n) is 4.32. The zero-order valence-corrected chi connectivity index (χ0v) is 15.4. The Bertz CT molecular complexity index is 1120. The minimum atomic E-state index is -0.312. The molecule has 4 nitrogen and oxygen atoms in total. The number of aromatic hydroxyl groups is 1. The van der Waals surface area contributed by atoms with Crippen molar-refractivity contribution >= 4 is 23.4 Å². The highest BCUT2D eigenvalue weighted by Crippen LogP contribution is 2.50. The summed E-state index contributed by atoms with van der Waals surface area (Å²) >= 11 is 0. The molecule has 0 saturated carbocycles. The highest BCUT2D eigenvalue weighted by atomic mass is 16.3. The number of carbonyl (C=O) groups is 1. The van der Waals surface area contributed by atoms with Crippen LogP contribution in [0.4, 0.5) is 11.4 Å². The van der Waals surface area contributed by atoms with Crippen molar-refractivity contribution in [2.75, 3.05) is 10.6 Å². The quantitative estimate of drug-likeness (QED) is 0.580. The molecule has 0 aromatic heterocycles. The first-order valence-corrected chi connectivity index (χ1v) is 9.40. The number of carbonyl (C=O) groups excluding carboxylic acids is 1. The van der Waals surface area contributed by atoms with Gasteiger partial charge in [-0.15, -0.1) is 0 Å². The smallest absolute Gasteiger partial charge is 0.259 e. The second kappa shape index (κ2) is 6.27. The lowest BCUT2D eigenvalue weighted by Gasteiger charge is -2.27. The van der Waals surface area contributed by atoms with E-state index in [-0.39, 0.29) is 23.6 Å². The number of anilines is 2. The van der Waals surface area contributed by atoms with E-state index in [1.807, 2.05) is 49.4 Å². The molecule has 4 heteroatoms. The van der Waals surface area contributed by atoms with Gasteiger partial charge in [0.25, 0.3) is 5.91 Å². The Labute approximate surface area is 163 Å². The van der Waals surface area contributed by atoms with Gasteiger partial charge in [-0.1, -0.05) is 48.6 Å².